The van der Waals surface area contributed by atoms with Gasteiger partial charge < -0.3 is 14.8 Å². The van der Waals surface area contributed by atoms with Crippen LogP contribution in [0.15, 0.2) is 66.4 Å². The summed E-state index contributed by atoms with van der Waals surface area (Å²) >= 11 is 0. The molecule has 0 saturated carbocycles. The molecule has 0 saturated heterocycles. The number of fused-ring (bicyclic) bond motifs is 1. The Morgan fingerprint density at radius 3 is 2.57 bits per heavy atom. The van der Waals surface area contributed by atoms with Crippen molar-refractivity contribution in [1.82, 2.24) is 0 Å². The summed E-state index contributed by atoms with van der Waals surface area (Å²) < 4.78 is 11.0. The van der Waals surface area contributed by atoms with Crippen molar-refractivity contribution in [3.8, 4) is 5.75 Å². The number of carbonyl (C=O) groups excluding carboxylic acids is 1. The largest absolute Gasteiger partial charge is 0.460 e. The van der Waals surface area contributed by atoms with Gasteiger partial charge in [0.25, 0.3) is 0 Å². The van der Waals surface area contributed by atoms with Crippen LogP contribution in [-0.2, 0) is 4.74 Å². The highest BCUT2D eigenvalue weighted by Crippen LogP contribution is 2.30. The molecule has 21 heavy (non-hydrogen) atoms. The first-order valence-corrected chi connectivity index (χ1v) is 6.64. The summed E-state index contributed by atoms with van der Waals surface area (Å²) in [6.45, 7) is 0. The van der Waals surface area contributed by atoms with Crippen molar-refractivity contribution in [3.63, 3.8) is 0 Å². The zero-order valence-corrected chi connectivity index (χ0v) is 11.6. The second-order valence-corrected chi connectivity index (χ2v) is 4.62. The van der Waals surface area contributed by atoms with Gasteiger partial charge in [-0.25, -0.2) is 0 Å². The van der Waals surface area contributed by atoms with Gasteiger partial charge in [0, 0.05) is 19.0 Å². The topological polar surface area (TPSA) is 47.6 Å². The van der Waals surface area contributed by atoms with Crippen molar-refractivity contribution >= 4 is 11.5 Å². The fourth-order valence-electron chi connectivity index (χ4n) is 2.20. The summed E-state index contributed by atoms with van der Waals surface area (Å²) in [7, 11) is 1.52. The normalized spacial score (nSPS) is 19.0. The fourth-order valence-corrected chi connectivity index (χ4v) is 2.20. The summed E-state index contributed by atoms with van der Waals surface area (Å²) in [5.41, 5.74) is 1.89. The highest BCUT2D eigenvalue weighted by molar-refractivity contribution is 6.12. The molecule has 1 atom stereocenters. The third kappa shape index (κ3) is 2.66. The lowest BCUT2D eigenvalue weighted by Crippen LogP contribution is -2.32. The fraction of sp³-hybridized carbons (Fsp3) is 0.118. The predicted octanol–water partition coefficient (Wildman–Crippen LogP) is 3.23. The van der Waals surface area contributed by atoms with E-state index in [2.05, 4.69) is 5.32 Å². The maximum atomic E-state index is 12.5. The number of ketones is 1. The molecule has 2 aromatic carbocycles. The number of benzene rings is 2. The summed E-state index contributed by atoms with van der Waals surface area (Å²) in [5, 5.41) is 3.10. The van der Waals surface area contributed by atoms with E-state index in [1.165, 1.54) is 7.11 Å². The van der Waals surface area contributed by atoms with E-state index in [4.69, 9.17) is 9.47 Å². The van der Waals surface area contributed by atoms with Gasteiger partial charge in [-0.2, -0.15) is 0 Å². The maximum absolute atomic E-state index is 12.5. The van der Waals surface area contributed by atoms with Gasteiger partial charge in [-0.1, -0.05) is 30.3 Å². The lowest BCUT2D eigenvalue weighted by atomic mass is 10.00. The first kappa shape index (κ1) is 13.4. The smallest absolute Gasteiger partial charge is 0.231 e. The van der Waals surface area contributed by atoms with E-state index in [9.17, 15) is 4.79 Å². The number of anilines is 1. The van der Waals surface area contributed by atoms with Crippen LogP contribution in [0.25, 0.3) is 0 Å². The Morgan fingerprint density at radius 1 is 1.10 bits per heavy atom. The van der Waals surface area contributed by atoms with Gasteiger partial charge in [-0.05, 0) is 24.3 Å². The van der Waals surface area contributed by atoms with Crippen LogP contribution in [0.4, 0.5) is 5.69 Å². The first-order chi connectivity index (χ1) is 10.3. The van der Waals surface area contributed by atoms with Gasteiger partial charge in [0.1, 0.15) is 5.75 Å². The third-order valence-electron chi connectivity index (χ3n) is 3.26. The Hall–Kier alpha value is -2.59. The van der Waals surface area contributed by atoms with Gasteiger partial charge in [-0.15, -0.1) is 0 Å². The number of nitrogens with one attached hydrogen (secondary N) is 1. The SMILES string of the molecule is COC1Oc2ccccc2C(=O)/C1=C\Nc1ccccc1. The minimum Gasteiger partial charge on any atom is -0.460 e. The molecule has 4 heteroatoms. The zero-order chi connectivity index (χ0) is 14.7. The van der Waals surface area contributed by atoms with Crippen molar-refractivity contribution in [3.05, 3.63) is 71.9 Å². The van der Waals surface area contributed by atoms with Crippen LogP contribution in [-0.4, -0.2) is 19.2 Å². The minimum atomic E-state index is -0.705. The quantitative estimate of drug-likeness (QED) is 0.877. The van der Waals surface area contributed by atoms with Crippen LogP contribution in [0.2, 0.25) is 0 Å². The van der Waals surface area contributed by atoms with E-state index >= 15 is 0 Å². The molecule has 1 N–H and O–H groups in total. The average Bonchev–Trinajstić information content (AvgIpc) is 2.55. The van der Waals surface area contributed by atoms with Crippen molar-refractivity contribution in [1.29, 1.82) is 0 Å². The van der Waals surface area contributed by atoms with Gasteiger partial charge in [0.05, 0.1) is 11.1 Å². The van der Waals surface area contributed by atoms with Crippen LogP contribution in [0.5, 0.6) is 5.75 Å². The number of ether oxygens (including phenoxy) is 2. The lowest BCUT2D eigenvalue weighted by molar-refractivity contribution is -0.0283. The Labute approximate surface area is 123 Å². The maximum Gasteiger partial charge on any atom is 0.231 e. The zero-order valence-electron chi connectivity index (χ0n) is 11.6. The molecule has 1 heterocycles. The van der Waals surface area contributed by atoms with E-state index in [-0.39, 0.29) is 5.78 Å². The lowest BCUT2D eigenvalue weighted by Gasteiger charge is -2.26. The van der Waals surface area contributed by atoms with Crippen LogP contribution in [0, 0.1) is 0 Å². The van der Waals surface area contributed by atoms with Crippen molar-refractivity contribution < 1.29 is 14.3 Å². The van der Waals surface area contributed by atoms with Crippen LogP contribution in [0.3, 0.4) is 0 Å². The minimum absolute atomic E-state index is 0.0906. The van der Waals surface area contributed by atoms with E-state index < -0.39 is 6.29 Å². The van der Waals surface area contributed by atoms with Crippen molar-refractivity contribution in [2.75, 3.05) is 12.4 Å². The number of hydrogen-bond donors (Lipinski definition) is 1. The van der Waals surface area contributed by atoms with Crippen molar-refractivity contribution in [2.24, 2.45) is 0 Å². The van der Waals surface area contributed by atoms with E-state index in [0.717, 1.165) is 5.69 Å². The van der Waals surface area contributed by atoms with Crippen LogP contribution in [0.1, 0.15) is 10.4 Å². The standard InChI is InChI=1S/C17H15NO3/c1-20-17-14(11-18-12-7-3-2-4-8-12)16(19)13-9-5-6-10-15(13)21-17/h2-11,17-18H,1H3/b14-11+. The molecule has 0 amide bonds. The van der Waals surface area contributed by atoms with Crippen molar-refractivity contribution in [2.45, 2.75) is 6.29 Å². The average molecular weight is 281 g/mol. The van der Waals surface area contributed by atoms with Gasteiger partial charge >= 0.3 is 0 Å². The second-order valence-electron chi connectivity index (χ2n) is 4.62. The Morgan fingerprint density at radius 2 is 1.81 bits per heavy atom. The summed E-state index contributed by atoms with van der Waals surface area (Å²) in [6, 6.07) is 16.8. The molecule has 0 spiro atoms. The number of carbonyl (C=O) groups is 1. The molecule has 1 unspecified atom stereocenters. The van der Waals surface area contributed by atoms with E-state index in [1.807, 2.05) is 42.5 Å². The summed E-state index contributed by atoms with van der Waals surface area (Å²) in [6.07, 6.45) is 0.936. The molecule has 1 aliphatic rings. The number of para-hydroxylation sites is 2. The predicted molar refractivity (Wildman–Crippen MR) is 80.3 cm³/mol. The third-order valence-corrected chi connectivity index (χ3v) is 3.26. The summed E-state index contributed by atoms with van der Waals surface area (Å²) in [4.78, 5) is 12.5. The molecule has 4 nitrogen and oxygen atoms in total. The number of Topliss-reactive ketones (excluding diaryl/α,β-unsaturated/α-hetero) is 1. The molecule has 0 bridgehead atoms. The Kier molecular flexibility index (Phi) is 3.71. The molecule has 1 aliphatic heterocycles. The van der Waals surface area contributed by atoms with E-state index in [1.54, 1.807) is 18.3 Å². The Balaban J connectivity index is 1.92. The molecule has 0 aromatic heterocycles. The van der Waals surface area contributed by atoms with Gasteiger partial charge in [0.15, 0.2) is 5.78 Å². The highest BCUT2D eigenvalue weighted by Gasteiger charge is 2.31. The summed E-state index contributed by atoms with van der Waals surface area (Å²) in [5.74, 6) is 0.457. The molecule has 0 fully saturated rings. The van der Waals surface area contributed by atoms with E-state index in [0.29, 0.717) is 16.9 Å². The van der Waals surface area contributed by atoms with Gasteiger partial charge in [0.2, 0.25) is 6.29 Å². The number of rotatable bonds is 3. The van der Waals surface area contributed by atoms with Gasteiger partial charge in [-0.3, -0.25) is 4.79 Å². The second kappa shape index (κ2) is 5.81. The molecule has 3 rings (SSSR count). The molecular weight excluding hydrogens is 266 g/mol. The van der Waals surface area contributed by atoms with Crippen LogP contribution < -0.4 is 10.1 Å². The highest BCUT2D eigenvalue weighted by atomic mass is 16.7. The molecule has 0 radical (unpaired) electrons. The Bertz CT molecular complexity index is 679. The number of methoxy groups -OCH3 is 1. The number of hydrogen-bond acceptors (Lipinski definition) is 4. The molecular formula is C17H15NO3. The molecule has 2 aromatic rings. The first-order valence-electron chi connectivity index (χ1n) is 6.64. The molecule has 106 valence electrons. The monoisotopic (exact) mass is 281 g/mol. The molecule has 0 aliphatic carbocycles. The van der Waals surface area contributed by atoms with Crippen LogP contribution >= 0.6 is 0 Å².